The van der Waals surface area contributed by atoms with Crippen molar-refractivity contribution in [1.29, 1.82) is 0 Å². The summed E-state index contributed by atoms with van der Waals surface area (Å²) in [5, 5.41) is 0. The number of carbonyl (C=O) groups excluding carboxylic acids is 1. The van der Waals surface area contributed by atoms with Crippen molar-refractivity contribution >= 4 is 28.6 Å². The van der Waals surface area contributed by atoms with Crippen LogP contribution < -0.4 is 0 Å². The fraction of sp³-hybridized carbons (Fsp3) is 0.588. The van der Waals surface area contributed by atoms with Crippen LogP contribution in [0.2, 0.25) is 0 Å². The third-order valence-corrected chi connectivity index (χ3v) is 4.86. The maximum atomic E-state index is 11.7. The predicted molar refractivity (Wildman–Crippen MR) is 94.4 cm³/mol. The van der Waals surface area contributed by atoms with Crippen molar-refractivity contribution in [3.8, 4) is 0 Å². The van der Waals surface area contributed by atoms with Crippen LogP contribution in [0.25, 0.3) is 0 Å². The van der Waals surface area contributed by atoms with E-state index >= 15 is 0 Å². The number of esters is 1. The minimum atomic E-state index is -0.749. The molecule has 1 fully saturated rings. The Morgan fingerprint density at radius 2 is 2.04 bits per heavy atom. The molecule has 23 heavy (non-hydrogen) atoms. The van der Waals surface area contributed by atoms with Gasteiger partial charge in [0.05, 0.1) is 32.5 Å². The zero-order chi connectivity index (χ0) is 16.9. The van der Waals surface area contributed by atoms with Crippen molar-refractivity contribution in [2.45, 2.75) is 48.8 Å². The monoisotopic (exact) mass is 434 g/mol. The first-order valence-corrected chi connectivity index (χ1v) is 8.85. The average molecular weight is 434 g/mol. The molecule has 1 aliphatic rings. The first-order chi connectivity index (χ1) is 10.9. The zero-order valence-electron chi connectivity index (χ0n) is 13.7. The van der Waals surface area contributed by atoms with Crippen molar-refractivity contribution in [1.82, 2.24) is 0 Å². The lowest BCUT2D eigenvalue weighted by molar-refractivity contribution is -0.304. The Morgan fingerprint density at radius 1 is 1.35 bits per heavy atom. The number of hydrogen-bond acceptors (Lipinski definition) is 5. The molecule has 2 rings (SSSR count). The molecule has 1 aromatic rings. The Labute approximate surface area is 150 Å². The quantitative estimate of drug-likeness (QED) is 0.392. The number of methoxy groups -OCH3 is 1. The van der Waals surface area contributed by atoms with E-state index in [1.807, 2.05) is 44.2 Å². The number of carbonyl (C=O) groups is 1. The van der Waals surface area contributed by atoms with Gasteiger partial charge in [0.2, 0.25) is 0 Å². The molecule has 3 atom stereocenters. The van der Waals surface area contributed by atoms with Crippen LogP contribution >= 0.6 is 22.6 Å². The summed E-state index contributed by atoms with van der Waals surface area (Å²) in [6.45, 7) is 4.70. The van der Waals surface area contributed by atoms with Gasteiger partial charge in [0, 0.05) is 6.42 Å². The first kappa shape index (κ1) is 18.6. The Kier molecular flexibility index (Phi) is 6.82. The smallest absolute Gasteiger partial charge is 0.321 e. The van der Waals surface area contributed by atoms with E-state index in [-0.39, 0.29) is 22.1 Å². The van der Waals surface area contributed by atoms with Gasteiger partial charge in [-0.1, -0.05) is 52.9 Å². The van der Waals surface area contributed by atoms with Crippen LogP contribution in [0.3, 0.4) is 0 Å². The van der Waals surface area contributed by atoms with Crippen LogP contribution in [0.5, 0.6) is 0 Å². The summed E-state index contributed by atoms with van der Waals surface area (Å²) in [5.41, 5.74) is 1.12. The van der Waals surface area contributed by atoms with E-state index in [9.17, 15) is 4.79 Å². The summed E-state index contributed by atoms with van der Waals surface area (Å²) in [6, 6.07) is 10.00. The van der Waals surface area contributed by atoms with Crippen molar-refractivity contribution in [2.24, 2.45) is 0 Å². The largest absolute Gasteiger partial charge is 0.468 e. The van der Waals surface area contributed by atoms with Crippen LogP contribution in [-0.2, 0) is 30.3 Å². The van der Waals surface area contributed by atoms with Gasteiger partial charge < -0.3 is 18.9 Å². The highest BCUT2D eigenvalue weighted by Crippen LogP contribution is 2.31. The fourth-order valence-corrected chi connectivity index (χ4v) is 3.27. The average Bonchev–Trinajstić information content (AvgIpc) is 2.53. The molecule has 1 saturated heterocycles. The van der Waals surface area contributed by atoms with Gasteiger partial charge in [-0.15, -0.1) is 0 Å². The van der Waals surface area contributed by atoms with Gasteiger partial charge in [0.15, 0.2) is 5.79 Å². The highest BCUT2D eigenvalue weighted by Gasteiger charge is 2.41. The summed E-state index contributed by atoms with van der Waals surface area (Å²) in [5.74, 6) is -1.03. The molecule has 128 valence electrons. The van der Waals surface area contributed by atoms with Crippen LogP contribution in [0.4, 0.5) is 0 Å². The Balaban J connectivity index is 1.89. The van der Waals surface area contributed by atoms with Crippen LogP contribution in [0.15, 0.2) is 30.3 Å². The molecular weight excluding hydrogens is 411 g/mol. The standard InChI is InChI=1S/C17H23IO5/c1-17(2)22-13(9-14(23-17)15(18)16(19)20-3)11-21-10-12-7-5-4-6-8-12/h4-8,13-15H,9-11H2,1-3H3/t13-,14+,15?/m1/s1. The molecule has 0 spiro atoms. The number of alkyl halides is 1. The van der Waals surface area contributed by atoms with E-state index in [0.717, 1.165) is 5.56 Å². The summed E-state index contributed by atoms with van der Waals surface area (Å²) in [7, 11) is 1.39. The summed E-state index contributed by atoms with van der Waals surface area (Å²) in [4.78, 5) is 11.7. The SMILES string of the molecule is COC(=O)C(I)[C@@H]1C[C@H](COCc2ccccc2)OC(C)(C)O1. The molecule has 0 radical (unpaired) electrons. The van der Waals surface area contributed by atoms with E-state index in [0.29, 0.717) is 19.6 Å². The van der Waals surface area contributed by atoms with Crippen molar-refractivity contribution in [2.75, 3.05) is 13.7 Å². The van der Waals surface area contributed by atoms with Gasteiger partial charge in [0.1, 0.15) is 3.92 Å². The fourth-order valence-electron chi connectivity index (χ4n) is 2.58. The third-order valence-electron chi connectivity index (χ3n) is 3.55. The van der Waals surface area contributed by atoms with Crippen molar-refractivity contribution in [3.63, 3.8) is 0 Å². The van der Waals surface area contributed by atoms with Gasteiger partial charge in [-0.2, -0.15) is 0 Å². The number of rotatable bonds is 6. The van der Waals surface area contributed by atoms with E-state index in [2.05, 4.69) is 22.6 Å². The number of halogens is 1. The molecule has 0 bridgehead atoms. The highest BCUT2D eigenvalue weighted by atomic mass is 127. The van der Waals surface area contributed by atoms with Gasteiger partial charge in [-0.25, -0.2) is 0 Å². The number of ether oxygens (including phenoxy) is 4. The maximum Gasteiger partial charge on any atom is 0.321 e. The van der Waals surface area contributed by atoms with E-state index in [4.69, 9.17) is 18.9 Å². The molecule has 1 heterocycles. The van der Waals surface area contributed by atoms with Crippen LogP contribution in [-0.4, -0.2) is 41.6 Å². The topological polar surface area (TPSA) is 54.0 Å². The second-order valence-corrected chi connectivity index (χ2v) is 7.30. The number of hydrogen-bond donors (Lipinski definition) is 0. The Morgan fingerprint density at radius 3 is 2.70 bits per heavy atom. The normalized spacial score (nSPS) is 24.9. The molecule has 1 aromatic carbocycles. The number of benzene rings is 1. The molecule has 0 aromatic heterocycles. The molecule has 0 aliphatic carbocycles. The van der Waals surface area contributed by atoms with Gasteiger partial charge in [-0.05, 0) is 19.4 Å². The molecule has 0 saturated carbocycles. The molecular formula is C17H23IO5. The highest BCUT2D eigenvalue weighted by molar-refractivity contribution is 14.1. The zero-order valence-corrected chi connectivity index (χ0v) is 15.8. The van der Waals surface area contributed by atoms with Crippen LogP contribution in [0.1, 0.15) is 25.8 Å². The van der Waals surface area contributed by atoms with Gasteiger partial charge >= 0.3 is 5.97 Å². The lowest BCUT2D eigenvalue weighted by Crippen LogP contribution is -2.50. The van der Waals surface area contributed by atoms with Crippen LogP contribution in [0, 0.1) is 0 Å². The van der Waals surface area contributed by atoms with Crippen molar-refractivity contribution in [3.05, 3.63) is 35.9 Å². The maximum absolute atomic E-state index is 11.7. The predicted octanol–water partition coefficient (Wildman–Crippen LogP) is 3.09. The molecule has 5 nitrogen and oxygen atoms in total. The lowest BCUT2D eigenvalue weighted by atomic mass is 10.1. The summed E-state index contributed by atoms with van der Waals surface area (Å²) < 4.78 is 22.0. The Bertz CT molecular complexity index is 505. The second kappa shape index (κ2) is 8.41. The second-order valence-electron chi connectivity index (χ2n) is 5.96. The molecule has 1 unspecified atom stereocenters. The van der Waals surface area contributed by atoms with E-state index in [1.165, 1.54) is 7.11 Å². The third kappa shape index (κ3) is 5.70. The summed E-state index contributed by atoms with van der Waals surface area (Å²) in [6.07, 6.45) is 0.229. The molecule has 0 amide bonds. The van der Waals surface area contributed by atoms with E-state index in [1.54, 1.807) is 0 Å². The molecule has 6 heteroatoms. The molecule has 0 N–H and O–H groups in total. The Hall–Kier alpha value is -0.700. The summed E-state index contributed by atoms with van der Waals surface area (Å²) >= 11 is 2.06. The molecule has 1 aliphatic heterocycles. The van der Waals surface area contributed by atoms with Crippen molar-refractivity contribution < 1.29 is 23.7 Å². The van der Waals surface area contributed by atoms with Gasteiger partial charge in [0.25, 0.3) is 0 Å². The first-order valence-electron chi connectivity index (χ1n) is 7.60. The lowest BCUT2D eigenvalue weighted by Gasteiger charge is -2.41. The minimum absolute atomic E-state index is 0.116. The minimum Gasteiger partial charge on any atom is -0.468 e. The van der Waals surface area contributed by atoms with Gasteiger partial charge in [-0.3, -0.25) is 4.79 Å². The van der Waals surface area contributed by atoms with E-state index < -0.39 is 5.79 Å².